The third-order valence-electron chi connectivity index (χ3n) is 2.63. The van der Waals surface area contributed by atoms with Crippen LogP contribution in [0.15, 0.2) is 18.2 Å². The molecule has 0 bridgehead atoms. The molecule has 1 atom stereocenters. The van der Waals surface area contributed by atoms with Crippen molar-refractivity contribution in [1.29, 1.82) is 0 Å². The molecule has 0 saturated carbocycles. The van der Waals surface area contributed by atoms with Gasteiger partial charge in [-0.2, -0.15) is 0 Å². The molecule has 0 radical (unpaired) electrons. The van der Waals surface area contributed by atoms with E-state index in [4.69, 9.17) is 17.3 Å². The normalized spacial score (nSPS) is 23.2. The van der Waals surface area contributed by atoms with Crippen molar-refractivity contribution in [3.05, 3.63) is 23.2 Å². The fourth-order valence-corrected chi connectivity index (χ4v) is 3.72. The molecule has 1 aliphatic rings. The van der Waals surface area contributed by atoms with Crippen LogP contribution < -0.4 is 11.1 Å². The Kier molecular flexibility index (Phi) is 2.99. The maximum atomic E-state index is 11.3. The highest BCUT2D eigenvalue weighted by molar-refractivity contribution is 7.91. The first-order valence-electron chi connectivity index (χ1n) is 4.99. The van der Waals surface area contributed by atoms with E-state index in [1.165, 1.54) is 0 Å². The number of nitrogens with two attached hydrogens (primary N) is 1. The summed E-state index contributed by atoms with van der Waals surface area (Å²) in [6.45, 7) is 0. The summed E-state index contributed by atoms with van der Waals surface area (Å²) >= 11 is 5.99. The molecule has 0 amide bonds. The number of para-hydroxylation sites is 1. The summed E-state index contributed by atoms with van der Waals surface area (Å²) < 4.78 is 22.6. The molecule has 6 heteroatoms. The minimum Gasteiger partial charge on any atom is -0.397 e. The van der Waals surface area contributed by atoms with Crippen molar-refractivity contribution in [2.75, 3.05) is 22.6 Å². The molecule has 1 fully saturated rings. The van der Waals surface area contributed by atoms with E-state index < -0.39 is 9.84 Å². The van der Waals surface area contributed by atoms with Crippen molar-refractivity contribution >= 4 is 32.8 Å². The summed E-state index contributed by atoms with van der Waals surface area (Å²) in [6, 6.07) is 5.13. The van der Waals surface area contributed by atoms with Crippen LogP contribution in [-0.4, -0.2) is 26.0 Å². The second-order valence-corrected chi connectivity index (χ2v) is 6.58. The number of benzene rings is 1. The number of anilines is 2. The molecule has 1 aliphatic heterocycles. The smallest absolute Gasteiger partial charge is 0.152 e. The van der Waals surface area contributed by atoms with Gasteiger partial charge in [0, 0.05) is 6.04 Å². The molecule has 1 aromatic carbocycles. The van der Waals surface area contributed by atoms with Gasteiger partial charge in [0.25, 0.3) is 0 Å². The molecule has 1 heterocycles. The van der Waals surface area contributed by atoms with E-state index in [1.54, 1.807) is 18.2 Å². The van der Waals surface area contributed by atoms with E-state index in [2.05, 4.69) is 5.32 Å². The quantitative estimate of drug-likeness (QED) is 0.791. The largest absolute Gasteiger partial charge is 0.397 e. The number of hydrogen-bond donors (Lipinski definition) is 2. The molecule has 4 nitrogen and oxygen atoms in total. The Bertz CT molecular complexity index is 481. The zero-order valence-electron chi connectivity index (χ0n) is 8.61. The van der Waals surface area contributed by atoms with E-state index in [1.807, 2.05) is 0 Å². The van der Waals surface area contributed by atoms with Crippen molar-refractivity contribution in [3.63, 3.8) is 0 Å². The van der Waals surface area contributed by atoms with Gasteiger partial charge in [-0.3, -0.25) is 0 Å². The summed E-state index contributed by atoms with van der Waals surface area (Å²) in [4.78, 5) is 0. The molecule has 1 unspecified atom stereocenters. The van der Waals surface area contributed by atoms with Gasteiger partial charge in [0.1, 0.15) is 0 Å². The zero-order valence-corrected chi connectivity index (χ0v) is 10.2. The lowest BCUT2D eigenvalue weighted by molar-refractivity contribution is 0.602. The van der Waals surface area contributed by atoms with Gasteiger partial charge in [0.05, 0.1) is 27.9 Å². The Morgan fingerprint density at radius 2 is 2.19 bits per heavy atom. The number of hydrogen-bond acceptors (Lipinski definition) is 4. The second-order valence-electron chi connectivity index (χ2n) is 3.95. The van der Waals surface area contributed by atoms with Crippen molar-refractivity contribution in [3.8, 4) is 0 Å². The number of sulfone groups is 1. The Hall–Kier alpha value is -0.940. The summed E-state index contributed by atoms with van der Waals surface area (Å²) in [6.07, 6.45) is 0.604. The van der Waals surface area contributed by atoms with Gasteiger partial charge in [0.15, 0.2) is 9.84 Å². The average molecular weight is 261 g/mol. The highest BCUT2D eigenvalue weighted by atomic mass is 35.5. The molecule has 1 saturated heterocycles. The fraction of sp³-hybridized carbons (Fsp3) is 0.400. The lowest BCUT2D eigenvalue weighted by Crippen LogP contribution is -2.21. The Balaban J connectivity index is 2.16. The predicted molar refractivity (Wildman–Crippen MR) is 66.5 cm³/mol. The maximum Gasteiger partial charge on any atom is 0.152 e. The van der Waals surface area contributed by atoms with E-state index >= 15 is 0 Å². The fourth-order valence-electron chi connectivity index (χ4n) is 1.81. The number of nitrogens with one attached hydrogen (secondary N) is 1. The van der Waals surface area contributed by atoms with Crippen LogP contribution in [0.4, 0.5) is 11.4 Å². The van der Waals surface area contributed by atoms with Gasteiger partial charge in [-0.05, 0) is 18.6 Å². The molecule has 16 heavy (non-hydrogen) atoms. The van der Waals surface area contributed by atoms with Gasteiger partial charge in [0.2, 0.25) is 0 Å². The van der Waals surface area contributed by atoms with Crippen LogP contribution in [0.1, 0.15) is 6.42 Å². The van der Waals surface area contributed by atoms with Crippen molar-refractivity contribution < 1.29 is 8.42 Å². The minimum atomic E-state index is -2.89. The van der Waals surface area contributed by atoms with Crippen LogP contribution in [0.3, 0.4) is 0 Å². The first-order chi connectivity index (χ1) is 7.48. The topological polar surface area (TPSA) is 72.2 Å². The molecule has 2 rings (SSSR count). The second kappa shape index (κ2) is 4.14. The molecular weight excluding hydrogens is 248 g/mol. The molecular formula is C10H13ClN2O2S. The SMILES string of the molecule is Nc1cccc(Cl)c1NC1CCS(=O)(=O)C1. The highest BCUT2D eigenvalue weighted by Crippen LogP contribution is 2.30. The summed E-state index contributed by atoms with van der Waals surface area (Å²) in [5.41, 5.74) is 6.94. The first kappa shape index (κ1) is 11.5. The zero-order chi connectivity index (χ0) is 11.8. The monoisotopic (exact) mass is 260 g/mol. The van der Waals surface area contributed by atoms with Crippen LogP contribution in [0.5, 0.6) is 0 Å². The molecule has 1 aromatic rings. The van der Waals surface area contributed by atoms with Crippen LogP contribution >= 0.6 is 11.6 Å². The van der Waals surface area contributed by atoms with Gasteiger partial charge in [-0.15, -0.1) is 0 Å². The van der Waals surface area contributed by atoms with Crippen LogP contribution in [0.2, 0.25) is 5.02 Å². The van der Waals surface area contributed by atoms with Crippen LogP contribution in [0.25, 0.3) is 0 Å². The Morgan fingerprint density at radius 3 is 2.75 bits per heavy atom. The summed E-state index contributed by atoms with van der Waals surface area (Å²) in [5, 5.41) is 3.61. The predicted octanol–water partition coefficient (Wildman–Crippen LogP) is 1.52. The van der Waals surface area contributed by atoms with Gasteiger partial charge < -0.3 is 11.1 Å². The lowest BCUT2D eigenvalue weighted by Gasteiger charge is -2.15. The minimum absolute atomic E-state index is 0.0906. The molecule has 0 spiro atoms. The van der Waals surface area contributed by atoms with Crippen LogP contribution in [-0.2, 0) is 9.84 Å². The lowest BCUT2D eigenvalue weighted by atomic mass is 10.2. The molecule has 3 N–H and O–H groups in total. The van der Waals surface area contributed by atoms with Crippen molar-refractivity contribution in [2.45, 2.75) is 12.5 Å². The average Bonchev–Trinajstić information content (AvgIpc) is 2.52. The van der Waals surface area contributed by atoms with Gasteiger partial charge in [-0.25, -0.2) is 8.42 Å². The Morgan fingerprint density at radius 1 is 1.44 bits per heavy atom. The third kappa shape index (κ3) is 2.41. The first-order valence-corrected chi connectivity index (χ1v) is 7.19. The van der Waals surface area contributed by atoms with Gasteiger partial charge >= 0.3 is 0 Å². The Labute approximate surface area is 99.7 Å². The van der Waals surface area contributed by atoms with Crippen molar-refractivity contribution in [2.24, 2.45) is 0 Å². The van der Waals surface area contributed by atoms with E-state index in [0.29, 0.717) is 22.8 Å². The molecule has 0 aliphatic carbocycles. The standard InChI is InChI=1S/C10H13ClN2O2S/c11-8-2-1-3-9(12)10(8)13-7-4-5-16(14,15)6-7/h1-3,7,13H,4-6,12H2. The van der Waals surface area contributed by atoms with Crippen molar-refractivity contribution in [1.82, 2.24) is 0 Å². The van der Waals surface area contributed by atoms with Crippen LogP contribution in [0, 0.1) is 0 Å². The summed E-state index contributed by atoms with van der Waals surface area (Å²) in [5.74, 6) is 0.382. The van der Waals surface area contributed by atoms with Gasteiger partial charge in [-0.1, -0.05) is 17.7 Å². The maximum absolute atomic E-state index is 11.3. The number of rotatable bonds is 2. The molecule has 88 valence electrons. The molecule has 0 aromatic heterocycles. The third-order valence-corrected chi connectivity index (χ3v) is 4.71. The highest BCUT2D eigenvalue weighted by Gasteiger charge is 2.28. The van der Waals surface area contributed by atoms with E-state index in [-0.39, 0.29) is 17.5 Å². The van der Waals surface area contributed by atoms with E-state index in [9.17, 15) is 8.42 Å². The number of nitrogen functional groups attached to an aromatic ring is 1. The van der Waals surface area contributed by atoms with E-state index in [0.717, 1.165) is 0 Å². The summed E-state index contributed by atoms with van der Waals surface area (Å²) in [7, 11) is -2.89. The number of halogens is 1.